The molecule has 2 heterocycles. The van der Waals surface area contributed by atoms with Crippen LogP contribution in [-0.4, -0.2) is 28.6 Å². The van der Waals surface area contributed by atoms with Crippen LogP contribution in [0.1, 0.15) is 6.42 Å². The number of rotatable bonds is 3. The highest BCUT2D eigenvalue weighted by Crippen LogP contribution is 2.18. The fourth-order valence-electron chi connectivity index (χ4n) is 1.96. The predicted molar refractivity (Wildman–Crippen MR) is 65.0 cm³/mol. The first kappa shape index (κ1) is 17.6. The second-order valence-electron chi connectivity index (χ2n) is 4.27. The number of aromatic nitrogens is 1. The monoisotopic (exact) mass is 307 g/mol. The van der Waals surface area contributed by atoms with Crippen molar-refractivity contribution >= 4 is 24.3 Å². The van der Waals surface area contributed by atoms with E-state index in [0.29, 0.717) is 0 Å². The highest BCUT2D eigenvalue weighted by atomic mass is 35.5. The van der Waals surface area contributed by atoms with E-state index in [4.69, 9.17) is 10.8 Å². The summed E-state index contributed by atoms with van der Waals surface area (Å²) in [5.41, 5.74) is 4.81. The molecule has 0 aliphatic carbocycles. The molecule has 0 aromatic carbocycles. The third-order valence-corrected chi connectivity index (χ3v) is 2.87. The van der Waals surface area contributed by atoms with Crippen LogP contribution in [0.5, 0.6) is 0 Å². The van der Waals surface area contributed by atoms with Crippen LogP contribution in [-0.2, 0) is 16.1 Å². The Labute approximate surface area is 122 Å². The molecule has 1 aliphatic heterocycles. The molecule has 6 nitrogen and oxygen atoms in total. The van der Waals surface area contributed by atoms with Gasteiger partial charge in [0, 0.05) is 18.6 Å². The van der Waals surface area contributed by atoms with Gasteiger partial charge in [0.25, 0.3) is 0 Å². The number of carbonyl (C=O) groups excluding carboxylic acids is 1. The van der Waals surface area contributed by atoms with Gasteiger partial charge in [-0.1, -0.05) is 6.07 Å². The number of nitrogens with zero attached hydrogens (tertiary/aromatic N) is 1. The molecule has 0 spiro atoms. The van der Waals surface area contributed by atoms with Gasteiger partial charge in [-0.25, -0.2) is 9.36 Å². The van der Waals surface area contributed by atoms with Gasteiger partial charge in [0.1, 0.15) is 6.04 Å². The molecule has 1 saturated heterocycles. The standard InChI is InChI=1S/C11H13N3O3.2ClH/c12-11(7-14-4-2-1-3-5-14)6-8(9(15)16)13-10(11)17;;/h1-5,8H,6-7,12H2,(H-,13,15,16,17);2*1H. The number of amides is 1. The maximum Gasteiger partial charge on any atom is 0.326 e. The number of carboxylic acids is 1. The van der Waals surface area contributed by atoms with Crippen LogP contribution in [0, 0.1) is 0 Å². The predicted octanol–water partition coefficient (Wildman–Crippen LogP) is -3.93. The summed E-state index contributed by atoms with van der Waals surface area (Å²) in [5, 5.41) is 11.2. The summed E-state index contributed by atoms with van der Waals surface area (Å²) in [5.74, 6) is -1.47. The van der Waals surface area contributed by atoms with Gasteiger partial charge in [0.2, 0.25) is 5.91 Å². The molecule has 1 aromatic rings. The molecule has 1 amide bonds. The maximum atomic E-state index is 11.7. The summed E-state index contributed by atoms with van der Waals surface area (Å²) in [4.78, 5) is 22.5. The summed E-state index contributed by atoms with van der Waals surface area (Å²) in [6.07, 6.45) is 3.68. The number of carbonyl (C=O) groups is 2. The minimum Gasteiger partial charge on any atom is -1.00 e. The quantitative estimate of drug-likeness (QED) is 0.497. The maximum absolute atomic E-state index is 11.7. The Morgan fingerprint density at radius 3 is 2.53 bits per heavy atom. The topological polar surface area (TPSA) is 96.3 Å². The van der Waals surface area contributed by atoms with Gasteiger partial charge in [-0.05, 0) is 0 Å². The number of hydrogen-bond donors (Lipinski definition) is 3. The zero-order valence-corrected chi connectivity index (χ0v) is 11.5. The Bertz CT molecular complexity index is 458. The third kappa shape index (κ3) is 3.79. The number of nitrogens with two attached hydrogens (primary N) is 1. The highest BCUT2D eigenvalue weighted by molar-refractivity contribution is 5.94. The average molecular weight is 308 g/mol. The molecular weight excluding hydrogens is 293 g/mol. The summed E-state index contributed by atoms with van der Waals surface area (Å²) in [7, 11) is 0. The zero-order chi connectivity index (χ0) is 12.5. The smallest absolute Gasteiger partial charge is 0.326 e. The summed E-state index contributed by atoms with van der Waals surface area (Å²) >= 11 is 0. The van der Waals surface area contributed by atoms with Crippen molar-refractivity contribution in [1.29, 1.82) is 0 Å². The first-order valence-electron chi connectivity index (χ1n) is 5.28. The van der Waals surface area contributed by atoms with Crippen molar-refractivity contribution in [2.24, 2.45) is 5.73 Å². The Balaban J connectivity index is 0.00000162. The van der Waals surface area contributed by atoms with Gasteiger partial charge in [0.05, 0.1) is 0 Å². The van der Waals surface area contributed by atoms with Gasteiger partial charge >= 0.3 is 5.97 Å². The van der Waals surface area contributed by atoms with E-state index >= 15 is 0 Å². The van der Waals surface area contributed by atoms with Crippen molar-refractivity contribution in [2.75, 3.05) is 0 Å². The average Bonchev–Trinajstić information content (AvgIpc) is 2.57. The highest BCUT2D eigenvalue weighted by Gasteiger charge is 2.49. The summed E-state index contributed by atoms with van der Waals surface area (Å²) < 4.78 is 1.77. The van der Waals surface area contributed by atoms with E-state index in [9.17, 15) is 9.59 Å². The normalized spacial score (nSPS) is 24.9. The van der Waals surface area contributed by atoms with Crippen molar-refractivity contribution < 1.29 is 31.7 Å². The molecule has 2 atom stereocenters. The van der Waals surface area contributed by atoms with Crippen LogP contribution >= 0.6 is 12.4 Å². The molecule has 1 aromatic heterocycles. The lowest BCUT2D eigenvalue weighted by atomic mass is 9.96. The van der Waals surface area contributed by atoms with Crippen molar-refractivity contribution in [3.8, 4) is 0 Å². The molecular formula is C11H15Cl2N3O3. The molecule has 0 radical (unpaired) electrons. The largest absolute Gasteiger partial charge is 1.00 e. The fraction of sp³-hybridized carbons (Fsp3) is 0.364. The van der Waals surface area contributed by atoms with Gasteiger partial charge in [-0.3, -0.25) is 4.79 Å². The molecule has 2 unspecified atom stereocenters. The number of nitrogens with one attached hydrogen (secondary N) is 1. The second-order valence-corrected chi connectivity index (χ2v) is 4.27. The van der Waals surface area contributed by atoms with Gasteiger partial charge in [-0.2, -0.15) is 0 Å². The first-order valence-corrected chi connectivity index (χ1v) is 5.28. The van der Waals surface area contributed by atoms with Crippen LogP contribution < -0.4 is 28.0 Å². The Morgan fingerprint density at radius 1 is 1.47 bits per heavy atom. The fourth-order valence-corrected chi connectivity index (χ4v) is 1.96. The van der Waals surface area contributed by atoms with Gasteiger partial charge < -0.3 is 28.6 Å². The number of pyridine rings is 1. The number of halogens is 2. The van der Waals surface area contributed by atoms with Crippen LogP contribution in [0.3, 0.4) is 0 Å². The number of carboxylic acid groups (broad SMARTS) is 1. The molecule has 19 heavy (non-hydrogen) atoms. The van der Waals surface area contributed by atoms with Crippen molar-refractivity contribution in [2.45, 2.75) is 24.5 Å². The lowest BCUT2D eigenvalue weighted by molar-refractivity contribution is -0.701. The molecule has 106 valence electrons. The molecule has 1 fully saturated rings. The molecule has 8 heteroatoms. The lowest BCUT2D eigenvalue weighted by Crippen LogP contribution is -3.00. The van der Waals surface area contributed by atoms with E-state index in [0.717, 1.165) is 0 Å². The molecule has 0 bridgehead atoms. The Kier molecular flexibility index (Phi) is 6.21. The lowest BCUT2D eigenvalue weighted by Gasteiger charge is -2.16. The van der Waals surface area contributed by atoms with E-state index < -0.39 is 23.5 Å². The number of aliphatic carboxylic acids is 1. The van der Waals surface area contributed by atoms with Crippen LogP contribution in [0.15, 0.2) is 30.6 Å². The SMILES string of the molecule is Cl.NC1(C[n+]2ccccc2)CC(C(=O)O)NC1=O.[Cl-]. The molecule has 2 rings (SSSR count). The van der Waals surface area contributed by atoms with Gasteiger partial charge in [0.15, 0.2) is 24.5 Å². The summed E-state index contributed by atoms with van der Waals surface area (Å²) in [6.45, 7) is 0.267. The van der Waals surface area contributed by atoms with Crippen molar-refractivity contribution in [3.63, 3.8) is 0 Å². The first-order chi connectivity index (χ1) is 8.01. The van der Waals surface area contributed by atoms with E-state index in [1.54, 1.807) is 17.0 Å². The summed E-state index contributed by atoms with van der Waals surface area (Å²) in [6, 6.07) is 4.61. The van der Waals surface area contributed by atoms with E-state index in [-0.39, 0.29) is 37.8 Å². The van der Waals surface area contributed by atoms with Crippen molar-refractivity contribution in [3.05, 3.63) is 30.6 Å². The van der Waals surface area contributed by atoms with Crippen LogP contribution in [0.25, 0.3) is 0 Å². The van der Waals surface area contributed by atoms with E-state index in [1.807, 2.05) is 18.2 Å². The van der Waals surface area contributed by atoms with Crippen LogP contribution in [0.2, 0.25) is 0 Å². The van der Waals surface area contributed by atoms with E-state index in [1.165, 1.54) is 0 Å². The van der Waals surface area contributed by atoms with E-state index in [2.05, 4.69) is 5.32 Å². The zero-order valence-electron chi connectivity index (χ0n) is 9.95. The second kappa shape index (κ2) is 6.70. The van der Waals surface area contributed by atoms with Crippen molar-refractivity contribution in [1.82, 2.24) is 5.32 Å². The number of hydrogen-bond acceptors (Lipinski definition) is 3. The molecule has 0 saturated carbocycles. The van der Waals surface area contributed by atoms with Gasteiger partial charge in [-0.15, -0.1) is 12.4 Å². The third-order valence-electron chi connectivity index (χ3n) is 2.87. The minimum atomic E-state index is -1.16. The minimum absolute atomic E-state index is 0. The Morgan fingerprint density at radius 2 is 2.05 bits per heavy atom. The molecule has 4 N–H and O–H groups in total. The van der Waals surface area contributed by atoms with Crippen LogP contribution in [0.4, 0.5) is 0 Å². The molecule has 1 aliphatic rings. The Hall–Kier alpha value is -1.37.